The molecule has 8 heteroatoms. The highest BCUT2D eigenvalue weighted by molar-refractivity contribution is 6.38. The number of hydrogen-bond acceptors (Lipinski definition) is 6. The molecule has 0 atom stereocenters. The largest absolute Gasteiger partial charge is 0.495 e. The topological polar surface area (TPSA) is 65.2 Å². The molecule has 25 heavy (non-hydrogen) atoms. The van der Waals surface area contributed by atoms with Crippen molar-refractivity contribution in [3.05, 3.63) is 18.2 Å². The van der Waals surface area contributed by atoms with Crippen molar-refractivity contribution in [2.24, 2.45) is 0 Å². The molecule has 2 aliphatic heterocycles. The van der Waals surface area contributed by atoms with E-state index in [9.17, 15) is 5.11 Å². The average Bonchev–Trinajstić information content (AvgIpc) is 2.61. The van der Waals surface area contributed by atoms with Crippen molar-refractivity contribution in [1.29, 1.82) is 0 Å². The Labute approximate surface area is 152 Å². The number of methoxy groups -OCH3 is 1. The smallest absolute Gasteiger partial charge is 0.150 e. The van der Waals surface area contributed by atoms with Crippen LogP contribution in [0.3, 0.4) is 0 Å². The molecular weight excluding hydrogens is 314 g/mol. The third kappa shape index (κ3) is 4.25. The Kier molecular flexibility index (Phi) is 5.51. The fourth-order valence-electron chi connectivity index (χ4n) is 4.06. The lowest BCUT2D eigenvalue weighted by molar-refractivity contribution is -0.0149. The van der Waals surface area contributed by atoms with Gasteiger partial charge in [0.2, 0.25) is 0 Å². The highest BCUT2D eigenvalue weighted by atomic mass is 16.5. The summed E-state index contributed by atoms with van der Waals surface area (Å²) in [5, 5.41) is 10.1. The highest BCUT2D eigenvalue weighted by Crippen LogP contribution is 2.33. The van der Waals surface area contributed by atoms with Crippen molar-refractivity contribution in [3.63, 3.8) is 0 Å². The van der Waals surface area contributed by atoms with E-state index in [1.807, 2.05) is 27.8 Å². The first kappa shape index (κ1) is 18.4. The van der Waals surface area contributed by atoms with Gasteiger partial charge < -0.3 is 20.5 Å². The zero-order valence-electron chi connectivity index (χ0n) is 15.7. The van der Waals surface area contributed by atoms with Gasteiger partial charge in [0.05, 0.1) is 12.8 Å². The maximum absolute atomic E-state index is 10.1. The lowest BCUT2D eigenvalue weighted by Gasteiger charge is -2.46. The second-order valence-corrected chi connectivity index (χ2v) is 7.67. The standard InChI is InChI=1S/C17H30B2N4O2/c1-25-16-12-13(20)2-3-15(16)22-6-4-14(5-7-22)21-8-10-23(11-9-21)17(18,19)24/h2-3,12,14,24H,4-11,18-20H2,1H3. The molecule has 0 bridgehead atoms. The van der Waals surface area contributed by atoms with Crippen molar-refractivity contribution in [1.82, 2.24) is 9.80 Å². The summed E-state index contributed by atoms with van der Waals surface area (Å²) in [5.41, 5.74) is 7.04. The van der Waals surface area contributed by atoms with Crippen LogP contribution >= 0.6 is 0 Å². The van der Waals surface area contributed by atoms with Gasteiger partial charge in [-0.2, -0.15) is 0 Å². The number of nitrogen functional groups attached to an aromatic ring is 1. The predicted molar refractivity (Wildman–Crippen MR) is 108 cm³/mol. The molecule has 2 heterocycles. The van der Waals surface area contributed by atoms with Gasteiger partial charge in [-0.15, -0.1) is 0 Å². The molecular formula is C17H30B2N4O2. The van der Waals surface area contributed by atoms with Gasteiger partial charge in [0.25, 0.3) is 0 Å². The molecule has 0 radical (unpaired) electrons. The molecule has 0 aromatic heterocycles. The minimum atomic E-state index is -0.707. The first-order chi connectivity index (χ1) is 11.9. The number of piperazine rings is 1. The Morgan fingerprint density at radius 2 is 1.76 bits per heavy atom. The Morgan fingerprint density at radius 1 is 1.12 bits per heavy atom. The maximum Gasteiger partial charge on any atom is 0.150 e. The zero-order valence-corrected chi connectivity index (χ0v) is 15.7. The Balaban J connectivity index is 1.55. The van der Waals surface area contributed by atoms with Gasteiger partial charge in [0.1, 0.15) is 21.4 Å². The minimum Gasteiger partial charge on any atom is -0.495 e. The van der Waals surface area contributed by atoms with E-state index in [-0.39, 0.29) is 0 Å². The van der Waals surface area contributed by atoms with Gasteiger partial charge >= 0.3 is 0 Å². The quantitative estimate of drug-likeness (QED) is 0.525. The van der Waals surface area contributed by atoms with Crippen LogP contribution < -0.4 is 15.4 Å². The molecule has 2 fully saturated rings. The van der Waals surface area contributed by atoms with Crippen molar-refractivity contribution in [2.45, 2.75) is 24.4 Å². The van der Waals surface area contributed by atoms with Gasteiger partial charge in [-0.1, -0.05) is 0 Å². The van der Waals surface area contributed by atoms with Gasteiger partial charge in [0.15, 0.2) is 0 Å². The van der Waals surface area contributed by atoms with E-state index in [1.54, 1.807) is 7.11 Å². The number of piperidine rings is 1. The second kappa shape index (κ2) is 7.48. The van der Waals surface area contributed by atoms with Crippen molar-refractivity contribution in [3.8, 4) is 5.75 Å². The lowest BCUT2D eigenvalue weighted by Crippen LogP contribution is -2.60. The van der Waals surface area contributed by atoms with Crippen LogP contribution in [0.2, 0.25) is 0 Å². The molecule has 6 nitrogen and oxygen atoms in total. The third-order valence-corrected chi connectivity index (χ3v) is 5.61. The second-order valence-electron chi connectivity index (χ2n) is 7.67. The fourth-order valence-corrected chi connectivity index (χ4v) is 4.06. The molecule has 0 spiro atoms. The molecule has 3 rings (SSSR count). The fraction of sp³-hybridized carbons (Fsp3) is 0.647. The van der Waals surface area contributed by atoms with E-state index in [2.05, 4.69) is 20.8 Å². The monoisotopic (exact) mass is 344 g/mol. The van der Waals surface area contributed by atoms with Gasteiger partial charge in [0, 0.05) is 62.6 Å². The normalized spacial score (nSPS) is 21.4. The summed E-state index contributed by atoms with van der Waals surface area (Å²) in [4.78, 5) is 7.17. The first-order valence-corrected chi connectivity index (χ1v) is 9.28. The molecule has 2 saturated heterocycles. The highest BCUT2D eigenvalue weighted by Gasteiger charge is 2.31. The van der Waals surface area contributed by atoms with E-state index in [0.717, 1.165) is 69.2 Å². The predicted octanol–water partition coefficient (Wildman–Crippen LogP) is -1.27. The molecule has 3 N–H and O–H groups in total. The van der Waals surface area contributed by atoms with Crippen molar-refractivity contribution in [2.75, 3.05) is 57.0 Å². The van der Waals surface area contributed by atoms with Crippen molar-refractivity contribution < 1.29 is 9.84 Å². The van der Waals surface area contributed by atoms with Crippen LogP contribution in [0.4, 0.5) is 11.4 Å². The van der Waals surface area contributed by atoms with Crippen LogP contribution in [-0.4, -0.2) is 88.5 Å². The third-order valence-electron chi connectivity index (χ3n) is 5.61. The van der Waals surface area contributed by atoms with Crippen molar-refractivity contribution >= 4 is 27.1 Å². The van der Waals surface area contributed by atoms with Crippen LogP contribution in [0.25, 0.3) is 0 Å². The van der Waals surface area contributed by atoms with E-state index in [1.165, 1.54) is 0 Å². The number of ether oxygens (including phenoxy) is 1. The molecule has 0 amide bonds. The van der Waals surface area contributed by atoms with E-state index >= 15 is 0 Å². The summed E-state index contributed by atoms with van der Waals surface area (Å²) in [6.45, 7) is 6.04. The number of benzene rings is 1. The Morgan fingerprint density at radius 3 is 2.32 bits per heavy atom. The van der Waals surface area contributed by atoms with Crippen LogP contribution in [0.5, 0.6) is 5.75 Å². The van der Waals surface area contributed by atoms with E-state index in [4.69, 9.17) is 10.5 Å². The number of nitrogens with two attached hydrogens (primary N) is 1. The summed E-state index contributed by atoms with van der Waals surface area (Å²) < 4.78 is 5.50. The van der Waals surface area contributed by atoms with Crippen LogP contribution in [0, 0.1) is 0 Å². The number of rotatable bonds is 4. The molecule has 1 aromatic carbocycles. The van der Waals surface area contributed by atoms with Crippen LogP contribution in [0.15, 0.2) is 18.2 Å². The first-order valence-electron chi connectivity index (χ1n) is 9.28. The van der Waals surface area contributed by atoms with Gasteiger partial charge in [-0.05, 0) is 25.0 Å². The molecule has 0 unspecified atom stereocenters. The lowest BCUT2D eigenvalue weighted by atomic mass is 9.71. The van der Waals surface area contributed by atoms with Gasteiger partial charge in [-0.3, -0.25) is 9.80 Å². The summed E-state index contributed by atoms with van der Waals surface area (Å²) in [6.07, 6.45) is 2.33. The molecule has 1 aromatic rings. The number of aliphatic hydroxyl groups is 1. The Hall–Kier alpha value is -1.37. The summed E-state index contributed by atoms with van der Waals surface area (Å²) >= 11 is 0. The zero-order chi connectivity index (χ0) is 18.0. The summed E-state index contributed by atoms with van der Waals surface area (Å²) in [5.74, 6) is 0.859. The minimum absolute atomic E-state index is 0.639. The van der Waals surface area contributed by atoms with Crippen LogP contribution in [-0.2, 0) is 0 Å². The summed E-state index contributed by atoms with van der Waals surface area (Å²) in [6, 6.07) is 6.55. The number of hydrogen-bond donors (Lipinski definition) is 2. The molecule has 0 aliphatic carbocycles. The Bertz CT molecular complexity index is 581. The molecule has 0 saturated carbocycles. The van der Waals surface area contributed by atoms with Gasteiger partial charge in [-0.25, -0.2) is 0 Å². The molecule has 2 aliphatic rings. The average molecular weight is 344 g/mol. The number of anilines is 2. The number of nitrogens with zero attached hydrogens (tertiary/aromatic N) is 3. The summed E-state index contributed by atoms with van der Waals surface area (Å²) in [7, 11) is 5.45. The van der Waals surface area contributed by atoms with E-state index in [0.29, 0.717) is 6.04 Å². The van der Waals surface area contributed by atoms with E-state index < -0.39 is 5.52 Å². The SMILES string of the molecule is BC(B)(O)N1CCN(C2CCN(c3ccc(N)cc3OC)CC2)CC1. The molecule has 136 valence electrons. The maximum atomic E-state index is 10.1. The van der Waals surface area contributed by atoms with Crippen LogP contribution in [0.1, 0.15) is 12.8 Å².